The number of nitrogens with zero attached hydrogens (tertiary/aromatic N) is 2. The number of imidazole rings is 1. The molecule has 0 bridgehead atoms. The van der Waals surface area contributed by atoms with Crippen LogP contribution in [0.25, 0.3) is 5.69 Å². The summed E-state index contributed by atoms with van der Waals surface area (Å²) in [5.74, 6) is 0.619. The highest BCUT2D eigenvalue weighted by molar-refractivity contribution is 8.00. The highest BCUT2D eigenvalue weighted by atomic mass is 32.2. The van der Waals surface area contributed by atoms with E-state index in [1.165, 1.54) is 17.3 Å². The monoisotopic (exact) mass is 329 g/mol. The van der Waals surface area contributed by atoms with E-state index in [0.717, 1.165) is 23.7 Å². The van der Waals surface area contributed by atoms with E-state index in [-0.39, 0.29) is 11.2 Å². The van der Waals surface area contributed by atoms with Crippen LogP contribution in [0, 0.1) is 0 Å². The molecule has 1 amide bonds. The van der Waals surface area contributed by atoms with Gasteiger partial charge in [0.15, 0.2) is 5.16 Å². The van der Waals surface area contributed by atoms with Crippen molar-refractivity contribution in [3.63, 3.8) is 0 Å². The molecule has 1 heterocycles. The first kappa shape index (κ1) is 16.1. The molecule has 0 saturated heterocycles. The summed E-state index contributed by atoms with van der Waals surface area (Å²) in [6, 6.07) is 8.91. The summed E-state index contributed by atoms with van der Waals surface area (Å²) in [4.78, 5) is 16.5. The average Bonchev–Trinajstić information content (AvgIpc) is 3.23. The molecule has 122 valence electrons. The molecule has 1 fully saturated rings. The second kappa shape index (κ2) is 6.79. The van der Waals surface area contributed by atoms with Gasteiger partial charge in [-0.3, -0.25) is 9.36 Å². The SMILES string of the molecule is CC(C)c1ccc(-n2ccnc2S[C@H](C)C(=O)NC2CC2)cc1. The van der Waals surface area contributed by atoms with Gasteiger partial charge in [-0.05, 0) is 43.4 Å². The van der Waals surface area contributed by atoms with Gasteiger partial charge in [0.05, 0.1) is 5.25 Å². The van der Waals surface area contributed by atoms with E-state index in [4.69, 9.17) is 0 Å². The number of carbonyl (C=O) groups is 1. The number of hydrogen-bond acceptors (Lipinski definition) is 3. The lowest BCUT2D eigenvalue weighted by Gasteiger charge is -2.13. The number of nitrogens with one attached hydrogen (secondary N) is 1. The summed E-state index contributed by atoms with van der Waals surface area (Å²) in [6.07, 6.45) is 5.95. The third-order valence-electron chi connectivity index (χ3n) is 4.02. The van der Waals surface area contributed by atoms with Crippen LogP contribution in [0.15, 0.2) is 41.8 Å². The Morgan fingerprint density at radius 1 is 1.26 bits per heavy atom. The second-order valence-electron chi connectivity index (χ2n) is 6.37. The van der Waals surface area contributed by atoms with Crippen LogP contribution in [0.3, 0.4) is 0 Å². The Bertz CT molecular complexity index is 674. The van der Waals surface area contributed by atoms with E-state index in [2.05, 4.69) is 48.4 Å². The Balaban J connectivity index is 1.72. The van der Waals surface area contributed by atoms with Crippen molar-refractivity contribution in [1.29, 1.82) is 0 Å². The zero-order chi connectivity index (χ0) is 16.4. The van der Waals surface area contributed by atoms with Crippen molar-refractivity contribution < 1.29 is 4.79 Å². The van der Waals surface area contributed by atoms with Crippen molar-refractivity contribution in [2.75, 3.05) is 0 Å². The molecule has 1 N–H and O–H groups in total. The maximum atomic E-state index is 12.1. The molecule has 1 aliphatic carbocycles. The fourth-order valence-electron chi connectivity index (χ4n) is 2.35. The normalized spacial score (nSPS) is 15.7. The van der Waals surface area contributed by atoms with E-state index >= 15 is 0 Å². The first-order valence-corrected chi connectivity index (χ1v) is 9.03. The van der Waals surface area contributed by atoms with Crippen LogP contribution in [0.4, 0.5) is 0 Å². The Hall–Kier alpha value is -1.75. The Morgan fingerprint density at radius 2 is 1.96 bits per heavy atom. The molecule has 1 aromatic heterocycles. The van der Waals surface area contributed by atoms with Crippen LogP contribution >= 0.6 is 11.8 Å². The Kier molecular flexibility index (Phi) is 4.76. The van der Waals surface area contributed by atoms with Crippen molar-refractivity contribution >= 4 is 17.7 Å². The zero-order valence-corrected chi connectivity index (χ0v) is 14.6. The highest BCUT2D eigenvalue weighted by Gasteiger charge is 2.26. The van der Waals surface area contributed by atoms with Crippen molar-refractivity contribution in [3.05, 3.63) is 42.2 Å². The Morgan fingerprint density at radius 3 is 2.57 bits per heavy atom. The molecule has 23 heavy (non-hydrogen) atoms. The minimum Gasteiger partial charge on any atom is -0.352 e. The van der Waals surface area contributed by atoms with Gasteiger partial charge in [0, 0.05) is 24.1 Å². The van der Waals surface area contributed by atoms with E-state index in [1.807, 2.05) is 17.7 Å². The lowest BCUT2D eigenvalue weighted by molar-refractivity contribution is -0.120. The number of carbonyl (C=O) groups excluding carboxylic acids is 1. The minimum absolute atomic E-state index is 0.0993. The molecule has 3 rings (SSSR count). The lowest BCUT2D eigenvalue weighted by atomic mass is 10.0. The summed E-state index contributed by atoms with van der Waals surface area (Å²) in [5, 5.41) is 3.75. The first-order valence-electron chi connectivity index (χ1n) is 8.15. The van der Waals surface area contributed by atoms with Gasteiger partial charge in [0.2, 0.25) is 5.91 Å². The predicted octanol–water partition coefficient (Wildman–Crippen LogP) is 3.75. The van der Waals surface area contributed by atoms with Gasteiger partial charge >= 0.3 is 0 Å². The number of benzene rings is 1. The van der Waals surface area contributed by atoms with Crippen LogP contribution in [-0.2, 0) is 4.79 Å². The first-order chi connectivity index (χ1) is 11.0. The number of thioether (sulfide) groups is 1. The number of amides is 1. The highest BCUT2D eigenvalue weighted by Crippen LogP contribution is 2.27. The topological polar surface area (TPSA) is 46.9 Å². The summed E-state index contributed by atoms with van der Waals surface area (Å²) in [5.41, 5.74) is 2.39. The summed E-state index contributed by atoms with van der Waals surface area (Å²) in [7, 11) is 0. The van der Waals surface area contributed by atoms with Crippen LogP contribution in [0.1, 0.15) is 45.1 Å². The third-order valence-corrected chi connectivity index (χ3v) is 5.10. The molecule has 0 aliphatic heterocycles. The van der Waals surface area contributed by atoms with E-state index in [9.17, 15) is 4.79 Å². The molecular formula is C18H23N3OS. The van der Waals surface area contributed by atoms with Crippen molar-refractivity contribution in [3.8, 4) is 5.69 Å². The molecule has 4 nitrogen and oxygen atoms in total. The summed E-state index contributed by atoms with van der Waals surface area (Å²) < 4.78 is 2.04. The molecule has 1 atom stereocenters. The van der Waals surface area contributed by atoms with Crippen LogP contribution in [0.5, 0.6) is 0 Å². The summed E-state index contributed by atoms with van der Waals surface area (Å²) >= 11 is 1.50. The van der Waals surface area contributed by atoms with Gasteiger partial charge in [-0.1, -0.05) is 37.7 Å². The maximum absolute atomic E-state index is 12.1. The van der Waals surface area contributed by atoms with Gasteiger partial charge in [0.25, 0.3) is 0 Å². The smallest absolute Gasteiger partial charge is 0.233 e. The van der Waals surface area contributed by atoms with E-state index in [0.29, 0.717) is 12.0 Å². The fourth-order valence-corrected chi connectivity index (χ4v) is 3.24. The van der Waals surface area contributed by atoms with Gasteiger partial charge in [-0.25, -0.2) is 4.98 Å². The second-order valence-corrected chi connectivity index (χ2v) is 7.68. The van der Waals surface area contributed by atoms with Crippen molar-refractivity contribution in [2.24, 2.45) is 0 Å². The molecule has 1 aromatic carbocycles. The molecule has 1 saturated carbocycles. The van der Waals surface area contributed by atoms with Gasteiger partial charge < -0.3 is 5.32 Å². The van der Waals surface area contributed by atoms with Crippen molar-refractivity contribution in [1.82, 2.24) is 14.9 Å². The van der Waals surface area contributed by atoms with Crippen LogP contribution in [0.2, 0.25) is 0 Å². The minimum atomic E-state index is -0.147. The fraction of sp³-hybridized carbons (Fsp3) is 0.444. The number of hydrogen-bond donors (Lipinski definition) is 1. The van der Waals surface area contributed by atoms with Gasteiger partial charge in [-0.15, -0.1) is 0 Å². The number of rotatable bonds is 6. The van der Waals surface area contributed by atoms with Crippen LogP contribution < -0.4 is 5.32 Å². The largest absolute Gasteiger partial charge is 0.352 e. The van der Waals surface area contributed by atoms with E-state index in [1.54, 1.807) is 6.20 Å². The van der Waals surface area contributed by atoms with Crippen molar-refractivity contribution in [2.45, 2.75) is 56.0 Å². The van der Waals surface area contributed by atoms with Crippen LogP contribution in [-0.4, -0.2) is 26.8 Å². The quantitative estimate of drug-likeness (QED) is 0.821. The molecule has 5 heteroatoms. The predicted molar refractivity (Wildman–Crippen MR) is 94.1 cm³/mol. The van der Waals surface area contributed by atoms with E-state index < -0.39 is 0 Å². The third kappa shape index (κ3) is 3.96. The zero-order valence-electron chi connectivity index (χ0n) is 13.8. The Labute approximate surface area is 141 Å². The molecule has 0 unspecified atom stereocenters. The molecular weight excluding hydrogens is 306 g/mol. The average molecular weight is 329 g/mol. The molecule has 0 spiro atoms. The molecule has 1 aliphatic rings. The maximum Gasteiger partial charge on any atom is 0.233 e. The lowest BCUT2D eigenvalue weighted by Crippen LogP contribution is -2.32. The number of aromatic nitrogens is 2. The molecule has 0 radical (unpaired) electrons. The van der Waals surface area contributed by atoms with Gasteiger partial charge in [-0.2, -0.15) is 0 Å². The molecule has 2 aromatic rings. The van der Waals surface area contributed by atoms with Gasteiger partial charge in [0.1, 0.15) is 0 Å². The summed E-state index contributed by atoms with van der Waals surface area (Å²) in [6.45, 7) is 6.31. The standard InChI is InChI=1S/C18H23N3OS/c1-12(2)14-4-8-16(9-5-14)21-11-10-19-18(21)23-13(3)17(22)20-15-6-7-15/h4-5,8-13,15H,6-7H2,1-3H3,(H,20,22)/t13-/m1/s1.